The van der Waals surface area contributed by atoms with Gasteiger partial charge in [-0.15, -0.1) is 0 Å². The number of benzene rings is 1. The van der Waals surface area contributed by atoms with E-state index in [1.807, 2.05) is 11.8 Å². The smallest absolute Gasteiger partial charge is 0.0822 e. The van der Waals surface area contributed by atoms with Crippen LogP contribution in [0.15, 0.2) is 30.3 Å². The molecule has 0 aromatic heterocycles. The molecule has 1 aromatic rings. The highest BCUT2D eigenvalue weighted by Gasteiger charge is 2.59. The third-order valence-electron chi connectivity index (χ3n) is 5.00. The van der Waals surface area contributed by atoms with Crippen molar-refractivity contribution in [3.63, 3.8) is 0 Å². The molecule has 1 aromatic carbocycles. The van der Waals surface area contributed by atoms with Gasteiger partial charge in [0.2, 0.25) is 0 Å². The van der Waals surface area contributed by atoms with Crippen molar-refractivity contribution in [3.8, 4) is 0 Å². The number of hydrogen-bond donors (Lipinski definition) is 1. The lowest BCUT2D eigenvalue weighted by atomic mass is 9.70. The summed E-state index contributed by atoms with van der Waals surface area (Å²) in [5.74, 6) is 3.14. The van der Waals surface area contributed by atoms with Gasteiger partial charge in [-0.1, -0.05) is 44.2 Å². The third kappa shape index (κ3) is 1.90. The van der Waals surface area contributed by atoms with Crippen molar-refractivity contribution in [2.24, 2.45) is 11.3 Å². The molecular weight excluding hydrogens is 240 g/mol. The highest BCUT2D eigenvalue weighted by Crippen LogP contribution is 2.61. The molecule has 1 aliphatic heterocycles. The molecule has 3 atom stereocenters. The van der Waals surface area contributed by atoms with Crippen LogP contribution in [-0.2, 0) is 0 Å². The maximum Gasteiger partial charge on any atom is 0.0822 e. The van der Waals surface area contributed by atoms with Crippen LogP contribution in [0, 0.1) is 11.3 Å². The fraction of sp³-hybridized carbons (Fsp3) is 0.625. The first-order valence-corrected chi connectivity index (χ1v) is 8.05. The van der Waals surface area contributed by atoms with Crippen molar-refractivity contribution in [2.45, 2.75) is 38.2 Å². The predicted molar refractivity (Wildman–Crippen MR) is 78.0 cm³/mol. The van der Waals surface area contributed by atoms with Gasteiger partial charge in [0.1, 0.15) is 0 Å². The summed E-state index contributed by atoms with van der Waals surface area (Å²) in [7, 11) is 0. The highest BCUT2D eigenvalue weighted by atomic mass is 32.2. The molecule has 0 spiro atoms. The molecule has 1 heterocycles. The van der Waals surface area contributed by atoms with Crippen molar-refractivity contribution in [1.82, 2.24) is 0 Å². The zero-order chi connectivity index (χ0) is 12.8. The van der Waals surface area contributed by atoms with Crippen molar-refractivity contribution in [2.75, 3.05) is 11.5 Å². The lowest BCUT2D eigenvalue weighted by Crippen LogP contribution is -2.52. The van der Waals surface area contributed by atoms with Gasteiger partial charge in [0.15, 0.2) is 0 Å². The quantitative estimate of drug-likeness (QED) is 0.877. The second kappa shape index (κ2) is 4.28. The Morgan fingerprint density at radius 1 is 1.22 bits per heavy atom. The Balaban J connectivity index is 1.81. The average Bonchev–Trinajstić information content (AvgIpc) is 3.15. The van der Waals surface area contributed by atoms with Gasteiger partial charge in [0.25, 0.3) is 0 Å². The van der Waals surface area contributed by atoms with Crippen molar-refractivity contribution in [1.29, 1.82) is 0 Å². The summed E-state index contributed by atoms with van der Waals surface area (Å²) < 4.78 is 0. The Labute approximate surface area is 114 Å². The van der Waals surface area contributed by atoms with E-state index in [0.29, 0.717) is 11.8 Å². The average molecular weight is 262 g/mol. The van der Waals surface area contributed by atoms with E-state index in [4.69, 9.17) is 0 Å². The molecule has 2 aliphatic rings. The minimum Gasteiger partial charge on any atom is -0.388 e. The minimum atomic E-state index is -0.476. The standard InChI is InChI=1S/C16H22OS/c1-15(2)8-9-18-11-16(15,17)14-10-13(14)12-6-4-3-5-7-12/h3-7,13-14,17H,8-11H2,1-2H3. The summed E-state index contributed by atoms with van der Waals surface area (Å²) in [6.07, 6.45) is 2.29. The van der Waals surface area contributed by atoms with Crippen LogP contribution < -0.4 is 0 Å². The molecule has 0 bridgehead atoms. The molecule has 1 aliphatic carbocycles. The Bertz CT molecular complexity index is 428. The van der Waals surface area contributed by atoms with E-state index in [0.717, 1.165) is 18.6 Å². The molecule has 0 amide bonds. The fourth-order valence-corrected chi connectivity index (χ4v) is 5.08. The topological polar surface area (TPSA) is 20.2 Å². The lowest BCUT2D eigenvalue weighted by Gasteiger charge is -2.47. The first-order chi connectivity index (χ1) is 8.55. The van der Waals surface area contributed by atoms with E-state index in [1.54, 1.807) is 0 Å². The SMILES string of the molecule is CC1(C)CCSCC1(O)C1CC1c1ccccc1. The van der Waals surface area contributed by atoms with Crippen LogP contribution >= 0.6 is 11.8 Å². The van der Waals surface area contributed by atoms with Crippen LogP contribution in [0.1, 0.15) is 38.2 Å². The summed E-state index contributed by atoms with van der Waals surface area (Å²) in [4.78, 5) is 0. The summed E-state index contributed by atoms with van der Waals surface area (Å²) in [6, 6.07) is 10.7. The molecule has 3 unspecified atom stereocenters. The molecule has 1 saturated carbocycles. The summed E-state index contributed by atoms with van der Waals surface area (Å²) in [5.41, 5.74) is 0.991. The second-order valence-corrected chi connectivity index (χ2v) is 7.58. The zero-order valence-corrected chi connectivity index (χ0v) is 12.0. The van der Waals surface area contributed by atoms with E-state index in [2.05, 4.69) is 44.2 Å². The largest absolute Gasteiger partial charge is 0.388 e. The van der Waals surface area contributed by atoms with E-state index < -0.39 is 5.60 Å². The number of rotatable bonds is 2. The van der Waals surface area contributed by atoms with Crippen LogP contribution in [0.3, 0.4) is 0 Å². The first kappa shape index (κ1) is 12.6. The molecule has 2 heteroatoms. The Kier molecular flexibility index (Phi) is 2.98. The Hall–Kier alpha value is -0.470. The van der Waals surface area contributed by atoms with E-state index in [9.17, 15) is 5.11 Å². The third-order valence-corrected chi connectivity index (χ3v) is 6.13. The maximum absolute atomic E-state index is 11.1. The molecule has 0 radical (unpaired) electrons. The fourth-order valence-electron chi connectivity index (χ4n) is 3.37. The van der Waals surface area contributed by atoms with E-state index in [-0.39, 0.29) is 5.41 Å². The summed E-state index contributed by atoms with van der Waals surface area (Å²) in [5, 5.41) is 11.1. The maximum atomic E-state index is 11.1. The second-order valence-electron chi connectivity index (χ2n) is 6.47. The normalized spacial score (nSPS) is 38.4. The molecule has 18 heavy (non-hydrogen) atoms. The first-order valence-electron chi connectivity index (χ1n) is 6.90. The summed E-state index contributed by atoms with van der Waals surface area (Å²) >= 11 is 1.92. The van der Waals surface area contributed by atoms with Crippen LogP contribution in [-0.4, -0.2) is 22.2 Å². The van der Waals surface area contributed by atoms with Crippen LogP contribution in [0.25, 0.3) is 0 Å². The molecule has 1 nitrogen and oxygen atoms in total. The van der Waals surface area contributed by atoms with Crippen molar-refractivity contribution in [3.05, 3.63) is 35.9 Å². The Morgan fingerprint density at radius 2 is 1.94 bits per heavy atom. The number of thioether (sulfide) groups is 1. The van der Waals surface area contributed by atoms with E-state index in [1.165, 1.54) is 11.3 Å². The van der Waals surface area contributed by atoms with Crippen LogP contribution in [0.4, 0.5) is 0 Å². The number of aliphatic hydroxyl groups is 1. The molecule has 1 saturated heterocycles. The summed E-state index contributed by atoms with van der Waals surface area (Å²) in [6.45, 7) is 4.49. The molecule has 3 rings (SSSR count). The van der Waals surface area contributed by atoms with Gasteiger partial charge in [-0.25, -0.2) is 0 Å². The molecule has 98 valence electrons. The monoisotopic (exact) mass is 262 g/mol. The lowest BCUT2D eigenvalue weighted by molar-refractivity contribution is -0.0715. The van der Waals surface area contributed by atoms with Crippen molar-refractivity contribution < 1.29 is 5.11 Å². The molecular formula is C16H22OS. The predicted octanol–water partition coefficient (Wildman–Crippen LogP) is 3.68. The van der Waals surface area contributed by atoms with Gasteiger partial charge in [-0.2, -0.15) is 11.8 Å². The van der Waals surface area contributed by atoms with Gasteiger partial charge in [-0.05, 0) is 41.4 Å². The zero-order valence-electron chi connectivity index (χ0n) is 11.2. The van der Waals surface area contributed by atoms with E-state index >= 15 is 0 Å². The molecule has 2 fully saturated rings. The van der Waals surface area contributed by atoms with Gasteiger partial charge >= 0.3 is 0 Å². The highest BCUT2D eigenvalue weighted by molar-refractivity contribution is 7.99. The minimum absolute atomic E-state index is 0.0620. The number of hydrogen-bond acceptors (Lipinski definition) is 2. The van der Waals surface area contributed by atoms with Gasteiger partial charge in [0, 0.05) is 5.75 Å². The van der Waals surface area contributed by atoms with Crippen LogP contribution in [0.2, 0.25) is 0 Å². The van der Waals surface area contributed by atoms with Gasteiger partial charge < -0.3 is 5.11 Å². The Morgan fingerprint density at radius 3 is 2.61 bits per heavy atom. The van der Waals surface area contributed by atoms with Gasteiger partial charge in [-0.3, -0.25) is 0 Å². The van der Waals surface area contributed by atoms with Crippen LogP contribution in [0.5, 0.6) is 0 Å². The van der Waals surface area contributed by atoms with Gasteiger partial charge in [0.05, 0.1) is 5.60 Å². The van der Waals surface area contributed by atoms with Crippen molar-refractivity contribution >= 4 is 11.8 Å². The molecule has 1 N–H and O–H groups in total.